The Morgan fingerprint density at radius 3 is 1.94 bits per heavy atom. The van der Waals surface area contributed by atoms with E-state index in [2.05, 4.69) is 0 Å². The second kappa shape index (κ2) is 6.63. The van der Waals surface area contributed by atoms with Crippen LogP contribution in [0.15, 0.2) is 0 Å². The van der Waals surface area contributed by atoms with Crippen LogP contribution in [0.5, 0.6) is 0 Å². The molecule has 16 heavy (non-hydrogen) atoms. The first-order valence-electron chi connectivity index (χ1n) is 5.60. The minimum absolute atomic E-state index is 0.201. The molecular formula is C12H22O4. The lowest BCUT2D eigenvalue weighted by atomic mass is 9.97. The topological polar surface area (TPSA) is 63.6 Å². The van der Waals surface area contributed by atoms with E-state index in [0.29, 0.717) is 31.5 Å². The molecule has 4 heteroatoms. The molecule has 1 N–H and O–H groups in total. The maximum absolute atomic E-state index is 10.5. The lowest BCUT2D eigenvalue weighted by Gasteiger charge is -2.17. The Morgan fingerprint density at radius 2 is 1.75 bits per heavy atom. The maximum atomic E-state index is 10.5. The molecule has 4 nitrogen and oxygen atoms in total. The number of aliphatic hydroxyl groups is 1. The first-order valence-corrected chi connectivity index (χ1v) is 5.60. The standard InChI is InChI=1S/C6H10O2.C6H12O2/c7-5-1-2-6(8)4-3-5;1-5(7)8-6(2,3)4/h5,7H,1-4H2;1-4H3. The average molecular weight is 230 g/mol. The molecule has 0 atom stereocenters. The fourth-order valence-electron chi connectivity index (χ4n) is 1.36. The van der Waals surface area contributed by atoms with Crippen molar-refractivity contribution in [3.05, 3.63) is 0 Å². The Hall–Kier alpha value is -0.900. The highest BCUT2D eigenvalue weighted by Crippen LogP contribution is 2.13. The summed E-state index contributed by atoms with van der Waals surface area (Å²) in [5, 5.41) is 8.87. The fourth-order valence-corrected chi connectivity index (χ4v) is 1.36. The Balaban J connectivity index is 0.000000281. The van der Waals surface area contributed by atoms with E-state index < -0.39 is 0 Å². The van der Waals surface area contributed by atoms with Gasteiger partial charge in [0.15, 0.2) is 0 Å². The van der Waals surface area contributed by atoms with Crippen LogP contribution in [-0.4, -0.2) is 28.6 Å². The van der Waals surface area contributed by atoms with E-state index in [1.807, 2.05) is 20.8 Å². The number of hydrogen-bond acceptors (Lipinski definition) is 4. The Labute approximate surface area is 97.0 Å². The quantitative estimate of drug-likeness (QED) is 0.645. The normalized spacial score (nSPS) is 17.4. The predicted octanol–water partition coefficient (Wildman–Crippen LogP) is 1.84. The zero-order chi connectivity index (χ0) is 12.8. The van der Waals surface area contributed by atoms with Crippen molar-refractivity contribution >= 4 is 11.8 Å². The maximum Gasteiger partial charge on any atom is 0.303 e. The van der Waals surface area contributed by atoms with Crippen LogP contribution in [-0.2, 0) is 14.3 Å². The molecule has 0 aliphatic heterocycles. The van der Waals surface area contributed by atoms with E-state index in [0.717, 1.165) is 0 Å². The number of esters is 1. The van der Waals surface area contributed by atoms with Crippen molar-refractivity contribution in [2.24, 2.45) is 0 Å². The molecule has 0 saturated heterocycles. The third-order valence-corrected chi connectivity index (χ3v) is 1.96. The molecule has 1 saturated carbocycles. The number of ether oxygens (including phenoxy) is 1. The first-order chi connectivity index (χ1) is 7.20. The van der Waals surface area contributed by atoms with Crippen LogP contribution >= 0.6 is 0 Å². The van der Waals surface area contributed by atoms with Crippen molar-refractivity contribution in [2.45, 2.75) is 65.1 Å². The van der Waals surface area contributed by atoms with E-state index in [9.17, 15) is 9.59 Å². The summed E-state index contributed by atoms with van der Waals surface area (Å²) in [6, 6.07) is 0. The third-order valence-electron chi connectivity index (χ3n) is 1.96. The average Bonchev–Trinajstić information content (AvgIpc) is 2.07. The summed E-state index contributed by atoms with van der Waals surface area (Å²) in [6.45, 7) is 6.93. The number of ketones is 1. The highest BCUT2D eigenvalue weighted by atomic mass is 16.6. The molecule has 0 bridgehead atoms. The summed E-state index contributed by atoms with van der Waals surface area (Å²) >= 11 is 0. The van der Waals surface area contributed by atoms with E-state index in [-0.39, 0.29) is 17.7 Å². The minimum atomic E-state index is -0.328. The smallest absolute Gasteiger partial charge is 0.303 e. The van der Waals surface area contributed by atoms with Gasteiger partial charge in [-0.1, -0.05) is 0 Å². The molecular weight excluding hydrogens is 208 g/mol. The molecule has 0 aromatic carbocycles. The van der Waals surface area contributed by atoms with Crippen LogP contribution < -0.4 is 0 Å². The predicted molar refractivity (Wildman–Crippen MR) is 61.0 cm³/mol. The second-order valence-corrected chi connectivity index (χ2v) is 4.98. The molecule has 0 aromatic rings. The summed E-state index contributed by atoms with van der Waals surface area (Å²) < 4.78 is 4.80. The summed E-state index contributed by atoms with van der Waals surface area (Å²) in [5.41, 5.74) is -0.328. The van der Waals surface area contributed by atoms with Crippen molar-refractivity contribution in [2.75, 3.05) is 0 Å². The molecule has 94 valence electrons. The van der Waals surface area contributed by atoms with Gasteiger partial charge in [0.25, 0.3) is 0 Å². The van der Waals surface area contributed by atoms with Gasteiger partial charge in [0.2, 0.25) is 0 Å². The zero-order valence-corrected chi connectivity index (χ0v) is 10.6. The lowest BCUT2D eigenvalue weighted by Crippen LogP contribution is -2.21. The Kier molecular flexibility index (Phi) is 6.26. The van der Waals surface area contributed by atoms with E-state index >= 15 is 0 Å². The first kappa shape index (κ1) is 15.1. The second-order valence-electron chi connectivity index (χ2n) is 4.98. The number of carbonyl (C=O) groups is 2. The van der Waals surface area contributed by atoms with Gasteiger partial charge in [0, 0.05) is 19.8 Å². The largest absolute Gasteiger partial charge is 0.460 e. The van der Waals surface area contributed by atoms with E-state index in [4.69, 9.17) is 9.84 Å². The van der Waals surface area contributed by atoms with Gasteiger partial charge in [0.05, 0.1) is 6.10 Å². The zero-order valence-electron chi connectivity index (χ0n) is 10.6. The SMILES string of the molecule is CC(=O)OC(C)(C)C.O=C1CCC(O)CC1. The molecule has 0 amide bonds. The van der Waals surface area contributed by atoms with Gasteiger partial charge < -0.3 is 9.84 Å². The summed E-state index contributed by atoms with van der Waals surface area (Å²) in [7, 11) is 0. The monoisotopic (exact) mass is 230 g/mol. The van der Waals surface area contributed by atoms with Crippen LogP contribution in [0.3, 0.4) is 0 Å². The van der Waals surface area contributed by atoms with E-state index in [1.165, 1.54) is 6.92 Å². The molecule has 1 aliphatic rings. The number of Topliss-reactive ketones (excluding diaryl/α,β-unsaturated/α-hetero) is 1. The Morgan fingerprint density at radius 1 is 1.31 bits per heavy atom. The highest BCUT2D eigenvalue weighted by molar-refractivity contribution is 5.79. The van der Waals surface area contributed by atoms with Gasteiger partial charge in [-0.05, 0) is 33.6 Å². The summed E-state index contributed by atoms with van der Waals surface area (Å²) in [6.07, 6.45) is 2.33. The summed E-state index contributed by atoms with van der Waals surface area (Å²) in [4.78, 5) is 20.7. The van der Waals surface area contributed by atoms with Crippen molar-refractivity contribution in [3.8, 4) is 0 Å². The lowest BCUT2D eigenvalue weighted by molar-refractivity contribution is -0.151. The van der Waals surface area contributed by atoms with Gasteiger partial charge in [-0.15, -0.1) is 0 Å². The fraction of sp³-hybridized carbons (Fsp3) is 0.833. The van der Waals surface area contributed by atoms with Gasteiger partial charge in [-0.25, -0.2) is 0 Å². The molecule has 0 radical (unpaired) electrons. The van der Waals surface area contributed by atoms with Gasteiger partial charge in [-0.3, -0.25) is 9.59 Å². The minimum Gasteiger partial charge on any atom is -0.460 e. The molecule has 1 aliphatic carbocycles. The number of aliphatic hydroxyl groups excluding tert-OH is 1. The van der Waals surface area contributed by atoms with Crippen molar-refractivity contribution < 1.29 is 19.4 Å². The van der Waals surface area contributed by atoms with Gasteiger partial charge in [-0.2, -0.15) is 0 Å². The highest BCUT2D eigenvalue weighted by Gasteiger charge is 2.15. The third kappa shape index (κ3) is 9.65. The van der Waals surface area contributed by atoms with Crippen molar-refractivity contribution in [1.29, 1.82) is 0 Å². The molecule has 0 spiro atoms. The number of carbonyl (C=O) groups excluding carboxylic acids is 2. The van der Waals surface area contributed by atoms with Gasteiger partial charge >= 0.3 is 5.97 Å². The Bertz CT molecular complexity index is 230. The molecule has 1 fully saturated rings. The van der Waals surface area contributed by atoms with Crippen LogP contribution in [0.25, 0.3) is 0 Å². The van der Waals surface area contributed by atoms with Gasteiger partial charge in [0.1, 0.15) is 11.4 Å². The molecule has 1 rings (SSSR count). The van der Waals surface area contributed by atoms with Crippen molar-refractivity contribution in [3.63, 3.8) is 0 Å². The van der Waals surface area contributed by atoms with Crippen LogP contribution in [0, 0.1) is 0 Å². The summed E-state index contributed by atoms with van der Waals surface area (Å²) in [5.74, 6) is 0.0767. The van der Waals surface area contributed by atoms with E-state index in [1.54, 1.807) is 0 Å². The van der Waals surface area contributed by atoms with Crippen LogP contribution in [0.2, 0.25) is 0 Å². The molecule has 0 unspecified atom stereocenters. The molecule has 0 heterocycles. The van der Waals surface area contributed by atoms with Crippen LogP contribution in [0.1, 0.15) is 53.4 Å². The molecule has 0 aromatic heterocycles. The van der Waals surface area contributed by atoms with Crippen LogP contribution in [0.4, 0.5) is 0 Å². The number of rotatable bonds is 0. The number of hydrogen-bond donors (Lipinski definition) is 1. The van der Waals surface area contributed by atoms with Crippen molar-refractivity contribution in [1.82, 2.24) is 0 Å².